The fraction of sp³-hybridized carbons (Fsp3) is 0.444. The summed E-state index contributed by atoms with van der Waals surface area (Å²) in [6.07, 6.45) is 3.92. The van der Waals surface area contributed by atoms with E-state index in [1.165, 1.54) is 10.8 Å². The van der Waals surface area contributed by atoms with E-state index in [0.29, 0.717) is 32.5 Å². The summed E-state index contributed by atoms with van der Waals surface area (Å²) in [6, 6.07) is 7.29. The minimum atomic E-state index is -3.48. The van der Waals surface area contributed by atoms with Gasteiger partial charge in [-0.2, -0.15) is 0 Å². The van der Waals surface area contributed by atoms with Crippen molar-refractivity contribution >= 4 is 15.9 Å². The van der Waals surface area contributed by atoms with Crippen LogP contribution in [0.4, 0.5) is 4.79 Å². The number of hydrogen-bond acceptors (Lipinski definition) is 5. The first kappa shape index (κ1) is 19.2. The van der Waals surface area contributed by atoms with Crippen LogP contribution in [0.25, 0.3) is 0 Å². The lowest BCUT2D eigenvalue weighted by molar-refractivity contribution is 0.186. The van der Waals surface area contributed by atoms with Gasteiger partial charge in [-0.3, -0.25) is 0 Å². The number of carbonyl (C=O) groups excluding carboxylic acids is 1. The zero-order valence-electron chi connectivity index (χ0n) is 15.5. The van der Waals surface area contributed by atoms with Crippen LogP contribution >= 0.6 is 0 Å². The summed E-state index contributed by atoms with van der Waals surface area (Å²) in [6.45, 7) is 1.22. The van der Waals surface area contributed by atoms with Gasteiger partial charge in [-0.1, -0.05) is 12.1 Å². The van der Waals surface area contributed by atoms with E-state index in [2.05, 4.69) is 10.3 Å². The number of nitrogens with zero attached hydrogens (tertiary/aromatic N) is 3. The lowest BCUT2D eigenvalue weighted by Gasteiger charge is -2.31. The molecule has 0 bridgehead atoms. The highest BCUT2D eigenvalue weighted by molar-refractivity contribution is 7.91. The summed E-state index contributed by atoms with van der Waals surface area (Å²) in [4.78, 5) is 18.0. The molecule has 146 valence electrons. The van der Waals surface area contributed by atoms with Crippen molar-refractivity contribution in [3.05, 3.63) is 42.2 Å². The molecule has 2 aromatic rings. The van der Waals surface area contributed by atoms with Crippen LogP contribution in [0.3, 0.4) is 0 Å². The highest BCUT2D eigenvalue weighted by Crippen LogP contribution is 2.23. The molecule has 27 heavy (non-hydrogen) atoms. The van der Waals surface area contributed by atoms with Gasteiger partial charge in [0.2, 0.25) is 15.0 Å². The molecule has 3 rings (SSSR count). The zero-order chi connectivity index (χ0) is 19.4. The fourth-order valence-electron chi connectivity index (χ4n) is 3.18. The summed E-state index contributed by atoms with van der Waals surface area (Å²) in [5, 5.41) is 2.45. The van der Waals surface area contributed by atoms with Gasteiger partial charge in [-0.25, -0.2) is 18.2 Å². The lowest BCUT2D eigenvalue weighted by Crippen LogP contribution is -2.46. The molecule has 0 radical (unpaired) electrons. The summed E-state index contributed by atoms with van der Waals surface area (Å²) >= 11 is 0. The van der Waals surface area contributed by atoms with Crippen LogP contribution in [-0.2, 0) is 23.4 Å². The molecule has 0 spiro atoms. The highest BCUT2D eigenvalue weighted by Gasteiger charge is 2.34. The first-order valence-corrected chi connectivity index (χ1v) is 10.3. The van der Waals surface area contributed by atoms with E-state index in [0.717, 1.165) is 11.3 Å². The number of urea groups is 1. The Labute approximate surface area is 159 Å². The number of likely N-dealkylation sites (tertiary alicyclic amines) is 1. The second kappa shape index (κ2) is 7.99. The average Bonchev–Trinajstić information content (AvgIpc) is 3.13. The van der Waals surface area contributed by atoms with Crippen LogP contribution in [0.15, 0.2) is 41.8 Å². The third kappa shape index (κ3) is 4.24. The van der Waals surface area contributed by atoms with Gasteiger partial charge in [0.1, 0.15) is 5.75 Å². The Hall–Kier alpha value is -2.55. The standard InChI is InChI=1S/C18H24N4O4S/c1-21-12-9-19-18(21)27(24,25)16-7-10-22(11-8-16)17(23)20-13-14-3-5-15(26-2)6-4-14/h3-6,9,12,16H,7-8,10-11,13H2,1-2H3,(H,20,23). The van der Waals surface area contributed by atoms with Crippen molar-refractivity contribution in [1.82, 2.24) is 19.8 Å². The number of methoxy groups -OCH3 is 1. The largest absolute Gasteiger partial charge is 0.497 e. The van der Waals surface area contributed by atoms with E-state index in [1.54, 1.807) is 25.3 Å². The van der Waals surface area contributed by atoms with Gasteiger partial charge in [0.25, 0.3) is 0 Å². The molecule has 0 saturated carbocycles. The highest BCUT2D eigenvalue weighted by atomic mass is 32.2. The molecule has 1 aliphatic rings. The molecule has 0 aliphatic carbocycles. The molecule has 2 heterocycles. The van der Waals surface area contributed by atoms with Gasteiger partial charge in [0.15, 0.2) is 0 Å². The second-order valence-corrected chi connectivity index (χ2v) is 8.68. The molecule has 1 fully saturated rings. The van der Waals surface area contributed by atoms with Crippen LogP contribution in [0.5, 0.6) is 5.75 Å². The molecule has 1 aromatic carbocycles. The number of carbonyl (C=O) groups is 1. The minimum Gasteiger partial charge on any atom is -0.497 e. The number of ether oxygens (including phenoxy) is 1. The third-order valence-electron chi connectivity index (χ3n) is 4.80. The van der Waals surface area contributed by atoms with Crippen LogP contribution in [-0.4, -0.2) is 54.3 Å². The first-order valence-electron chi connectivity index (χ1n) is 8.78. The number of aromatic nitrogens is 2. The number of hydrogen-bond donors (Lipinski definition) is 1. The van der Waals surface area contributed by atoms with Crippen molar-refractivity contribution in [2.24, 2.45) is 7.05 Å². The fourth-order valence-corrected chi connectivity index (χ4v) is 4.98. The van der Waals surface area contributed by atoms with Gasteiger partial charge in [0.05, 0.1) is 12.4 Å². The van der Waals surface area contributed by atoms with Crippen molar-refractivity contribution < 1.29 is 17.9 Å². The number of aryl methyl sites for hydroxylation is 1. The van der Waals surface area contributed by atoms with Crippen LogP contribution < -0.4 is 10.1 Å². The van der Waals surface area contributed by atoms with Gasteiger partial charge in [-0.15, -0.1) is 0 Å². The summed E-state index contributed by atoms with van der Waals surface area (Å²) < 4.78 is 32.0. The van der Waals surface area contributed by atoms with Gasteiger partial charge in [0, 0.05) is 39.1 Å². The maximum absolute atomic E-state index is 12.7. The van der Waals surface area contributed by atoms with Crippen molar-refractivity contribution in [2.45, 2.75) is 29.8 Å². The molecule has 9 heteroatoms. The number of sulfone groups is 1. The van der Waals surface area contributed by atoms with E-state index >= 15 is 0 Å². The Morgan fingerprint density at radius 3 is 2.48 bits per heavy atom. The average molecular weight is 392 g/mol. The number of benzene rings is 1. The quantitative estimate of drug-likeness (QED) is 0.834. The SMILES string of the molecule is COc1ccc(CNC(=O)N2CCC(S(=O)(=O)c3nccn3C)CC2)cc1. The molecular formula is C18H24N4O4S. The van der Waals surface area contributed by atoms with E-state index < -0.39 is 15.1 Å². The number of nitrogens with one attached hydrogen (secondary N) is 1. The van der Waals surface area contributed by atoms with Crippen molar-refractivity contribution in [3.8, 4) is 5.75 Å². The molecule has 1 aromatic heterocycles. The lowest BCUT2D eigenvalue weighted by atomic mass is 10.1. The zero-order valence-corrected chi connectivity index (χ0v) is 16.3. The maximum Gasteiger partial charge on any atom is 0.317 e. The predicted octanol–water partition coefficient (Wildman–Crippen LogP) is 1.58. The molecule has 0 unspecified atom stereocenters. The Morgan fingerprint density at radius 2 is 1.93 bits per heavy atom. The molecule has 0 atom stereocenters. The molecule has 1 aliphatic heterocycles. The number of rotatable bonds is 5. The van der Waals surface area contributed by atoms with Gasteiger partial charge >= 0.3 is 6.03 Å². The molecule has 1 saturated heterocycles. The van der Waals surface area contributed by atoms with E-state index in [9.17, 15) is 13.2 Å². The van der Waals surface area contributed by atoms with Crippen LogP contribution in [0.2, 0.25) is 0 Å². The summed E-state index contributed by atoms with van der Waals surface area (Å²) in [7, 11) is -0.205. The van der Waals surface area contributed by atoms with Crippen molar-refractivity contribution in [3.63, 3.8) is 0 Å². The maximum atomic E-state index is 12.7. The number of imidazole rings is 1. The van der Waals surface area contributed by atoms with Crippen molar-refractivity contribution in [1.29, 1.82) is 0 Å². The molecule has 1 N–H and O–H groups in total. The minimum absolute atomic E-state index is 0.0879. The van der Waals surface area contributed by atoms with E-state index in [4.69, 9.17) is 4.74 Å². The van der Waals surface area contributed by atoms with Gasteiger partial charge < -0.3 is 19.5 Å². The van der Waals surface area contributed by atoms with Gasteiger partial charge in [-0.05, 0) is 30.5 Å². The second-order valence-electron chi connectivity index (χ2n) is 6.56. The Kier molecular flexibility index (Phi) is 5.69. The van der Waals surface area contributed by atoms with Crippen LogP contribution in [0.1, 0.15) is 18.4 Å². The Morgan fingerprint density at radius 1 is 1.26 bits per heavy atom. The summed E-state index contributed by atoms with van der Waals surface area (Å²) in [5.74, 6) is 0.765. The van der Waals surface area contributed by atoms with Crippen molar-refractivity contribution in [2.75, 3.05) is 20.2 Å². The predicted molar refractivity (Wildman–Crippen MR) is 100 cm³/mol. The molecule has 2 amide bonds. The van der Waals surface area contributed by atoms with E-state index in [1.807, 2.05) is 24.3 Å². The topological polar surface area (TPSA) is 93.5 Å². The van der Waals surface area contributed by atoms with E-state index in [-0.39, 0.29) is 11.2 Å². The normalized spacial score (nSPS) is 15.6. The number of amides is 2. The molecule has 8 nitrogen and oxygen atoms in total. The summed E-state index contributed by atoms with van der Waals surface area (Å²) in [5.41, 5.74) is 0.969. The third-order valence-corrected chi connectivity index (χ3v) is 7.05. The Bertz CT molecular complexity index is 884. The van der Waals surface area contributed by atoms with Crippen LogP contribution in [0, 0.1) is 0 Å². The smallest absolute Gasteiger partial charge is 0.317 e. The Balaban J connectivity index is 1.52. The molecular weight excluding hydrogens is 368 g/mol. The first-order chi connectivity index (χ1) is 12.9. The number of piperidine rings is 1. The monoisotopic (exact) mass is 392 g/mol.